The number of allylic oxidation sites excluding steroid dienone is 5. The van der Waals surface area contributed by atoms with Crippen LogP contribution in [0.4, 0.5) is 0 Å². The number of hydrogen-bond acceptors (Lipinski definition) is 6. The highest BCUT2D eigenvalue weighted by Crippen LogP contribution is 2.31. The average Bonchev–Trinajstić information content (AvgIpc) is 3.52. The Morgan fingerprint density at radius 2 is 1.65 bits per heavy atom. The summed E-state index contributed by atoms with van der Waals surface area (Å²) in [7, 11) is 3.38. The van der Waals surface area contributed by atoms with E-state index in [4.69, 9.17) is 31.3 Å². The number of methoxy groups -OCH3 is 1. The summed E-state index contributed by atoms with van der Waals surface area (Å²) in [6.07, 6.45) is 8.59. The number of carboxylic acids is 1. The summed E-state index contributed by atoms with van der Waals surface area (Å²) in [5.41, 5.74) is 3.20. The fourth-order valence-corrected chi connectivity index (χ4v) is 3.95. The maximum absolute atomic E-state index is 11.0. The Kier molecular flexibility index (Phi) is 19.1. The highest BCUT2D eigenvalue weighted by molar-refractivity contribution is 6.31. The van der Waals surface area contributed by atoms with E-state index in [9.17, 15) is 9.59 Å². The second kappa shape index (κ2) is 22.2. The Hall–Kier alpha value is -4.37. The maximum atomic E-state index is 11.0. The Bertz CT molecular complexity index is 1600. The van der Waals surface area contributed by atoms with Crippen LogP contribution in [0.3, 0.4) is 0 Å². The van der Waals surface area contributed by atoms with Gasteiger partial charge in [0.15, 0.2) is 0 Å². The van der Waals surface area contributed by atoms with E-state index in [-0.39, 0.29) is 6.42 Å². The normalized spacial score (nSPS) is 10.7. The first kappa shape index (κ1) is 39.7. The Labute approximate surface area is 281 Å². The minimum atomic E-state index is -0.755. The van der Waals surface area contributed by atoms with Crippen molar-refractivity contribution in [2.75, 3.05) is 27.1 Å². The number of alkyl halides is 1. The molecule has 0 fully saturated rings. The van der Waals surface area contributed by atoms with Crippen molar-refractivity contribution in [3.63, 3.8) is 0 Å². The molecule has 0 atom stereocenters. The molecule has 4 rings (SSSR count). The minimum absolute atomic E-state index is 0.205. The van der Waals surface area contributed by atoms with Crippen LogP contribution >= 0.6 is 23.2 Å². The first-order valence-corrected chi connectivity index (χ1v) is 15.7. The summed E-state index contributed by atoms with van der Waals surface area (Å²) in [5, 5.41) is 18.3. The molecule has 0 bridgehead atoms. The fourth-order valence-electron chi connectivity index (χ4n) is 3.88. The molecule has 0 aliphatic rings. The largest absolute Gasteiger partial charge is 0.497 e. The quantitative estimate of drug-likeness (QED) is 0.0881. The van der Waals surface area contributed by atoms with Crippen molar-refractivity contribution >= 4 is 51.8 Å². The molecule has 4 aromatic rings. The number of benzene rings is 3. The smallest absolute Gasteiger partial charge is 0.304 e. The SMILES string of the molecule is C=CC(Cl)=CC/C(=C\C)c1cc(Oc2ccc(C=O)cc2)n(-c2ccc3cc(OC)ccc3c2)n1.CC.CCl.CNCCC(=O)O. The first-order chi connectivity index (χ1) is 22.3. The number of carboxylic acid groups (broad SMARTS) is 1. The Balaban J connectivity index is 0.000000840. The highest BCUT2D eigenvalue weighted by atomic mass is 35.5. The van der Waals surface area contributed by atoms with Gasteiger partial charge in [-0.05, 0) is 85.3 Å². The standard InChI is InChI=1S/C29H25ClN2O3.C4H9NO2.C2H6.CH3Cl/c1-4-21(8-11-24(30)5-2)28-18-29(35-26-13-6-20(19-33)7-14-26)32(31-28)25-12-9-23-17-27(34-3)15-10-22(23)16-25;1-5-3-2-4(6)7;2*1-2/h4-7,9-19H,2,8H2,1,3H3;5H,2-3H2,1H3,(H,6,7);1-2H3;1H3/b21-4+,24-11?;;;. The molecule has 46 heavy (non-hydrogen) atoms. The molecule has 10 heteroatoms. The number of aldehydes is 1. The number of halogens is 2. The van der Waals surface area contributed by atoms with E-state index in [1.54, 1.807) is 49.2 Å². The molecule has 246 valence electrons. The van der Waals surface area contributed by atoms with Gasteiger partial charge in [-0.25, -0.2) is 4.68 Å². The minimum Gasteiger partial charge on any atom is -0.497 e. The van der Waals surface area contributed by atoms with Gasteiger partial charge < -0.3 is 19.9 Å². The van der Waals surface area contributed by atoms with Crippen LogP contribution in [0.15, 0.2) is 96.6 Å². The van der Waals surface area contributed by atoms with E-state index in [2.05, 4.69) is 29.6 Å². The van der Waals surface area contributed by atoms with Gasteiger partial charge in [0.1, 0.15) is 17.8 Å². The second-order valence-electron chi connectivity index (χ2n) is 9.02. The van der Waals surface area contributed by atoms with E-state index >= 15 is 0 Å². The third-order valence-electron chi connectivity index (χ3n) is 6.17. The molecule has 2 N–H and O–H groups in total. The lowest BCUT2D eigenvalue weighted by molar-refractivity contribution is -0.136. The van der Waals surface area contributed by atoms with Crippen molar-refractivity contribution in [2.24, 2.45) is 0 Å². The molecule has 0 unspecified atom stereocenters. The van der Waals surface area contributed by atoms with Gasteiger partial charge >= 0.3 is 5.97 Å². The highest BCUT2D eigenvalue weighted by Gasteiger charge is 2.15. The lowest BCUT2D eigenvalue weighted by Crippen LogP contribution is -2.11. The molecule has 0 saturated heterocycles. The first-order valence-electron chi connectivity index (χ1n) is 14.6. The number of rotatable bonds is 12. The Morgan fingerprint density at radius 1 is 1.02 bits per heavy atom. The van der Waals surface area contributed by atoms with Gasteiger partial charge in [-0.2, -0.15) is 5.10 Å². The lowest BCUT2D eigenvalue weighted by atomic mass is 10.1. The van der Waals surface area contributed by atoms with E-state index in [1.165, 1.54) is 6.38 Å². The number of hydrogen-bond donors (Lipinski definition) is 2. The molecule has 0 spiro atoms. The number of nitrogens with one attached hydrogen (secondary N) is 1. The van der Waals surface area contributed by atoms with Crippen molar-refractivity contribution < 1.29 is 24.2 Å². The number of aliphatic carboxylic acids is 1. The summed E-state index contributed by atoms with van der Waals surface area (Å²) >= 11 is 10.8. The summed E-state index contributed by atoms with van der Waals surface area (Å²) in [5.74, 6) is 1.20. The average molecular weight is 669 g/mol. The number of ether oxygens (including phenoxy) is 2. The van der Waals surface area contributed by atoms with Crippen LogP contribution in [0, 0.1) is 0 Å². The number of aromatic nitrogens is 2. The fraction of sp³-hybridized carbons (Fsp3) is 0.250. The van der Waals surface area contributed by atoms with Crippen LogP contribution in [-0.2, 0) is 4.79 Å². The molecule has 8 nitrogen and oxygen atoms in total. The molecule has 0 saturated carbocycles. The number of carbonyl (C=O) groups is 2. The summed E-state index contributed by atoms with van der Waals surface area (Å²) in [6.45, 7) is 10.2. The van der Waals surface area contributed by atoms with Gasteiger partial charge in [0.25, 0.3) is 0 Å². The molecule has 0 aliphatic carbocycles. The molecule has 0 amide bonds. The monoisotopic (exact) mass is 667 g/mol. The van der Waals surface area contributed by atoms with Crippen molar-refractivity contribution in [1.29, 1.82) is 0 Å². The van der Waals surface area contributed by atoms with E-state index in [0.717, 1.165) is 39.8 Å². The lowest BCUT2D eigenvalue weighted by Gasteiger charge is -2.10. The second-order valence-corrected chi connectivity index (χ2v) is 9.46. The predicted octanol–water partition coefficient (Wildman–Crippen LogP) is 9.30. The van der Waals surface area contributed by atoms with Crippen molar-refractivity contribution in [1.82, 2.24) is 15.1 Å². The molecular formula is C36H43Cl2N3O5. The van der Waals surface area contributed by atoms with Crippen LogP contribution in [0.25, 0.3) is 22.0 Å². The molecule has 1 heterocycles. The molecule has 3 aromatic carbocycles. The van der Waals surface area contributed by atoms with E-state index in [0.29, 0.717) is 35.2 Å². The van der Waals surface area contributed by atoms with Crippen LogP contribution in [-0.4, -0.2) is 54.2 Å². The topological polar surface area (TPSA) is 103 Å². The van der Waals surface area contributed by atoms with Crippen molar-refractivity contribution in [2.45, 2.75) is 33.6 Å². The maximum Gasteiger partial charge on any atom is 0.304 e. The van der Waals surface area contributed by atoms with Crippen molar-refractivity contribution in [3.8, 4) is 23.1 Å². The van der Waals surface area contributed by atoms with Gasteiger partial charge in [-0.15, -0.1) is 11.6 Å². The van der Waals surface area contributed by atoms with Crippen LogP contribution in [0.2, 0.25) is 0 Å². The van der Waals surface area contributed by atoms with Crippen molar-refractivity contribution in [3.05, 3.63) is 108 Å². The van der Waals surface area contributed by atoms with E-state index in [1.807, 2.05) is 69.3 Å². The number of carbonyl (C=O) groups excluding carboxylic acids is 1. The van der Waals surface area contributed by atoms with E-state index < -0.39 is 5.97 Å². The molecule has 1 aromatic heterocycles. The zero-order valence-electron chi connectivity index (χ0n) is 27.2. The third-order valence-corrected chi connectivity index (χ3v) is 6.48. The summed E-state index contributed by atoms with van der Waals surface area (Å²) in [4.78, 5) is 20.7. The van der Waals surface area contributed by atoms with Gasteiger partial charge in [0, 0.05) is 29.6 Å². The number of nitrogens with zero attached hydrogens (tertiary/aromatic N) is 2. The van der Waals surface area contributed by atoms with Gasteiger partial charge in [-0.1, -0.05) is 62.4 Å². The van der Waals surface area contributed by atoms with Crippen LogP contribution in [0.1, 0.15) is 49.7 Å². The third kappa shape index (κ3) is 12.6. The van der Waals surface area contributed by atoms with Crippen LogP contribution in [0.5, 0.6) is 17.4 Å². The molecule has 0 aliphatic heterocycles. The predicted molar refractivity (Wildman–Crippen MR) is 191 cm³/mol. The molecular weight excluding hydrogens is 625 g/mol. The summed E-state index contributed by atoms with van der Waals surface area (Å²) < 4.78 is 13.3. The summed E-state index contributed by atoms with van der Waals surface area (Å²) in [6, 6.07) is 20.9. The Morgan fingerprint density at radius 3 is 2.20 bits per heavy atom. The molecule has 0 radical (unpaired) electrons. The zero-order valence-corrected chi connectivity index (χ0v) is 28.7. The zero-order chi connectivity index (χ0) is 34.5. The van der Waals surface area contributed by atoms with Crippen LogP contribution < -0.4 is 14.8 Å². The van der Waals surface area contributed by atoms with Gasteiger partial charge in [-0.3, -0.25) is 9.59 Å². The number of fused-ring (bicyclic) bond motifs is 1. The van der Waals surface area contributed by atoms with Gasteiger partial charge in [0.05, 0.1) is 24.9 Å². The van der Waals surface area contributed by atoms with Gasteiger partial charge in [0.2, 0.25) is 5.88 Å².